The molecule has 0 aliphatic rings. The Kier molecular flexibility index (Phi) is 6.49. The molecule has 0 saturated heterocycles. The summed E-state index contributed by atoms with van der Waals surface area (Å²) in [5.41, 5.74) is 2.53. The topological polar surface area (TPSA) is 65.4 Å². The van der Waals surface area contributed by atoms with E-state index in [0.29, 0.717) is 16.5 Å². The van der Waals surface area contributed by atoms with Crippen LogP contribution in [0.5, 0.6) is 11.5 Å². The van der Waals surface area contributed by atoms with Crippen LogP contribution < -0.4 is 14.8 Å². The van der Waals surface area contributed by atoms with Crippen LogP contribution in [0.1, 0.15) is 0 Å². The number of imidazole rings is 1. The van der Waals surface area contributed by atoms with E-state index in [4.69, 9.17) is 21.1 Å². The molecule has 0 spiro atoms. The molecule has 1 amide bonds. The van der Waals surface area contributed by atoms with Crippen LogP contribution in [0.25, 0.3) is 11.3 Å². The molecular formula is C20H20ClN3O3S. The van der Waals surface area contributed by atoms with E-state index < -0.39 is 0 Å². The summed E-state index contributed by atoms with van der Waals surface area (Å²) in [6.07, 6.45) is 1.79. The number of amides is 1. The highest BCUT2D eigenvalue weighted by Gasteiger charge is 2.13. The number of ether oxygens (including phenoxy) is 2. The van der Waals surface area contributed by atoms with E-state index in [0.717, 1.165) is 22.2 Å². The maximum absolute atomic E-state index is 12.3. The number of nitrogens with zero attached hydrogens (tertiary/aromatic N) is 2. The van der Waals surface area contributed by atoms with Gasteiger partial charge in [0.1, 0.15) is 11.5 Å². The standard InChI is InChI=1S/C20H20ClN3O3S/c1-24-17(13-4-7-15(26-2)8-5-13)11-22-20(24)28-12-19(25)23-16-10-14(21)6-9-18(16)27-3/h4-11H,12H2,1-3H3,(H,23,25). The highest BCUT2D eigenvalue weighted by Crippen LogP contribution is 2.29. The van der Waals surface area contributed by atoms with Gasteiger partial charge in [-0.3, -0.25) is 4.79 Å². The first-order valence-corrected chi connectivity index (χ1v) is 9.80. The number of carbonyl (C=O) groups is 1. The second-order valence-corrected chi connectivity index (χ2v) is 7.27. The van der Waals surface area contributed by atoms with E-state index in [1.807, 2.05) is 35.9 Å². The maximum Gasteiger partial charge on any atom is 0.234 e. The average Bonchev–Trinajstić information content (AvgIpc) is 3.07. The number of rotatable bonds is 7. The lowest BCUT2D eigenvalue weighted by atomic mass is 10.1. The first kappa shape index (κ1) is 20.1. The molecule has 0 atom stereocenters. The molecule has 0 fully saturated rings. The number of nitrogens with one attached hydrogen (secondary N) is 1. The molecule has 0 radical (unpaired) electrons. The maximum atomic E-state index is 12.3. The number of hydrogen-bond acceptors (Lipinski definition) is 5. The second kappa shape index (κ2) is 9.03. The summed E-state index contributed by atoms with van der Waals surface area (Å²) in [5.74, 6) is 1.40. The molecule has 1 heterocycles. The monoisotopic (exact) mass is 417 g/mol. The van der Waals surface area contributed by atoms with Gasteiger partial charge in [0.15, 0.2) is 5.16 Å². The molecule has 6 nitrogen and oxygen atoms in total. The first-order chi connectivity index (χ1) is 13.5. The molecule has 146 valence electrons. The Morgan fingerprint density at radius 3 is 2.61 bits per heavy atom. The SMILES string of the molecule is COc1ccc(-c2cnc(SCC(=O)Nc3cc(Cl)ccc3OC)n2C)cc1. The third-order valence-corrected chi connectivity index (χ3v) is 5.38. The lowest BCUT2D eigenvalue weighted by Crippen LogP contribution is -2.15. The van der Waals surface area contributed by atoms with Gasteiger partial charge in [-0.2, -0.15) is 0 Å². The molecule has 1 aromatic heterocycles. The Morgan fingerprint density at radius 2 is 1.93 bits per heavy atom. The number of anilines is 1. The number of halogens is 1. The predicted octanol–water partition coefficient (Wildman–Crippen LogP) is 4.49. The van der Waals surface area contributed by atoms with Crippen LogP contribution >= 0.6 is 23.4 Å². The summed E-state index contributed by atoms with van der Waals surface area (Å²) >= 11 is 7.35. The summed E-state index contributed by atoms with van der Waals surface area (Å²) < 4.78 is 12.4. The van der Waals surface area contributed by atoms with Crippen LogP contribution in [0.2, 0.25) is 5.02 Å². The fourth-order valence-electron chi connectivity index (χ4n) is 2.65. The number of methoxy groups -OCH3 is 2. The summed E-state index contributed by atoms with van der Waals surface area (Å²) in [6, 6.07) is 12.8. The molecule has 3 aromatic rings. The zero-order valence-electron chi connectivity index (χ0n) is 15.7. The molecule has 2 aromatic carbocycles. The molecule has 8 heteroatoms. The highest BCUT2D eigenvalue weighted by atomic mass is 35.5. The normalized spacial score (nSPS) is 10.6. The van der Waals surface area contributed by atoms with Gasteiger partial charge in [-0.05, 0) is 42.5 Å². The molecule has 0 saturated carbocycles. The smallest absolute Gasteiger partial charge is 0.234 e. The minimum atomic E-state index is -0.167. The molecule has 28 heavy (non-hydrogen) atoms. The van der Waals surface area contributed by atoms with Crippen molar-refractivity contribution in [1.82, 2.24) is 9.55 Å². The Morgan fingerprint density at radius 1 is 1.18 bits per heavy atom. The predicted molar refractivity (Wildman–Crippen MR) is 113 cm³/mol. The fourth-order valence-corrected chi connectivity index (χ4v) is 3.57. The van der Waals surface area contributed by atoms with Gasteiger partial charge in [-0.25, -0.2) is 4.98 Å². The van der Waals surface area contributed by atoms with E-state index in [-0.39, 0.29) is 11.7 Å². The van der Waals surface area contributed by atoms with Crippen LogP contribution in [0.3, 0.4) is 0 Å². The van der Waals surface area contributed by atoms with Gasteiger partial charge < -0.3 is 19.4 Å². The zero-order chi connectivity index (χ0) is 20.1. The van der Waals surface area contributed by atoms with Gasteiger partial charge >= 0.3 is 0 Å². The number of benzene rings is 2. The molecule has 0 bridgehead atoms. The van der Waals surface area contributed by atoms with E-state index >= 15 is 0 Å². The van der Waals surface area contributed by atoms with Crippen LogP contribution in [-0.2, 0) is 11.8 Å². The van der Waals surface area contributed by atoms with E-state index in [1.54, 1.807) is 38.6 Å². The third-order valence-electron chi connectivity index (χ3n) is 4.10. The number of carbonyl (C=O) groups excluding carboxylic acids is 1. The molecule has 0 unspecified atom stereocenters. The molecule has 1 N–H and O–H groups in total. The largest absolute Gasteiger partial charge is 0.497 e. The van der Waals surface area contributed by atoms with Crippen molar-refractivity contribution in [3.8, 4) is 22.8 Å². The molecule has 0 aliphatic heterocycles. The third kappa shape index (κ3) is 4.61. The van der Waals surface area contributed by atoms with Gasteiger partial charge in [-0.1, -0.05) is 23.4 Å². The number of thioether (sulfide) groups is 1. The van der Waals surface area contributed by atoms with Crippen molar-refractivity contribution in [1.29, 1.82) is 0 Å². The quantitative estimate of drug-likeness (QED) is 0.574. The first-order valence-electron chi connectivity index (χ1n) is 8.44. The number of aromatic nitrogens is 2. The van der Waals surface area contributed by atoms with Crippen molar-refractivity contribution in [2.75, 3.05) is 25.3 Å². The second-order valence-electron chi connectivity index (χ2n) is 5.89. The van der Waals surface area contributed by atoms with Crippen molar-refractivity contribution in [3.05, 3.63) is 53.7 Å². The Bertz CT molecular complexity index is 973. The van der Waals surface area contributed by atoms with Crippen molar-refractivity contribution in [3.63, 3.8) is 0 Å². The van der Waals surface area contributed by atoms with Gasteiger partial charge in [0.25, 0.3) is 0 Å². The lowest BCUT2D eigenvalue weighted by molar-refractivity contribution is -0.113. The van der Waals surface area contributed by atoms with Gasteiger partial charge in [-0.15, -0.1) is 0 Å². The molecule has 3 rings (SSSR count). The van der Waals surface area contributed by atoms with E-state index in [9.17, 15) is 4.79 Å². The van der Waals surface area contributed by atoms with Crippen molar-refractivity contribution < 1.29 is 14.3 Å². The molecular weight excluding hydrogens is 398 g/mol. The summed E-state index contributed by atoms with van der Waals surface area (Å²) in [7, 11) is 5.10. The fraction of sp³-hybridized carbons (Fsp3) is 0.200. The summed E-state index contributed by atoms with van der Waals surface area (Å²) in [6.45, 7) is 0. The Balaban J connectivity index is 1.66. The van der Waals surface area contributed by atoms with Gasteiger partial charge in [0, 0.05) is 17.6 Å². The van der Waals surface area contributed by atoms with Gasteiger partial charge in [0.05, 0.1) is 37.6 Å². The van der Waals surface area contributed by atoms with E-state index in [1.165, 1.54) is 11.8 Å². The summed E-state index contributed by atoms with van der Waals surface area (Å²) in [4.78, 5) is 16.8. The van der Waals surface area contributed by atoms with Crippen molar-refractivity contribution in [2.24, 2.45) is 7.05 Å². The van der Waals surface area contributed by atoms with Gasteiger partial charge in [0.2, 0.25) is 5.91 Å². The van der Waals surface area contributed by atoms with Crippen molar-refractivity contribution in [2.45, 2.75) is 5.16 Å². The molecule has 0 aliphatic carbocycles. The van der Waals surface area contributed by atoms with E-state index in [2.05, 4.69) is 10.3 Å². The minimum absolute atomic E-state index is 0.167. The summed E-state index contributed by atoms with van der Waals surface area (Å²) in [5, 5.41) is 4.10. The van der Waals surface area contributed by atoms with Crippen LogP contribution in [0.4, 0.5) is 5.69 Å². The van der Waals surface area contributed by atoms with Crippen LogP contribution in [0.15, 0.2) is 53.8 Å². The zero-order valence-corrected chi connectivity index (χ0v) is 17.3. The number of hydrogen-bond donors (Lipinski definition) is 1. The van der Waals surface area contributed by atoms with Crippen LogP contribution in [0, 0.1) is 0 Å². The van der Waals surface area contributed by atoms with Crippen molar-refractivity contribution >= 4 is 35.0 Å². The lowest BCUT2D eigenvalue weighted by Gasteiger charge is -2.10. The minimum Gasteiger partial charge on any atom is -0.497 e. The Hall–Kier alpha value is -2.64. The highest BCUT2D eigenvalue weighted by molar-refractivity contribution is 7.99. The van der Waals surface area contributed by atoms with Crippen LogP contribution in [-0.4, -0.2) is 35.4 Å². The average molecular weight is 418 g/mol. The Labute approximate surface area is 172 Å².